The highest BCUT2D eigenvalue weighted by molar-refractivity contribution is 9.10. The number of hydrogen-bond donors (Lipinski definition) is 0. The zero-order valence-corrected chi connectivity index (χ0v) is 13.0. The molecule has 2 aromatic heterocycles. The lowest BCUT2D eigenvalue weighted by Crippen LogP contribution is -2.06. The van der Waals surface area contributed by atoms with Gasteiger partial charge >= 0.3 is 0 Å². The van der Waals surface area contributed by atoms with Crippen molar-refractivity contribution in [3.8, 4) is 11.1 Å². The number of aromatic nitrogens is 3. The van der Waals surface area contributed by atoms with Crippen molar-refractivity contribution >= 4 is 15.9 Å². The van der Waals surface area contributed by atoms with Crippen LogP contribution in [0.15, 0.2) is 59.6 Å². The Hall–Kier alpha value is -2.01. The van der Waals surface area contributed by atoms with E-state index in [1.54, 1.807) is 18.3 Å². The average molecular weight is 346 g/mol. The van der Waals surface area contributed by atoms with Crippen molar-refractivity contribution in [3.05, 3.63) is 71.0 Å². The van der Waals surface area contributed by atoms with Gasteiger partial charge in [-0.25, -0.2) is 9.37 Å². The van der Waals surface area contributed by atoms with Crippen LogP contribution >= 0.6 is 15.9 Å². The van der Waals surface area contributed by atoms with Crippen LogP contribution in [-0.4, -0.2) is 14.8 Å². The summed E-state index contributed by atoms with van der Waals surface area (Å²) < 4.78 is 15.6. The molecule has 106 valence electrons. The first-order valence-electron chi connectivity index (χ1n) is 6.55. The maximum absolute atomic E-state index is 13.0. The van der Waals surface area contributed by atoms with Gasteiger partial charge in [0.1, 0.15) is 10.4 Å². The Morgan fingerprint density at radius 2 is 1.90 bits per heavy atom. The number of hydrogen-bond acceptors (Lipinski definition) is 2. The minimum atomic E-state index is -0.228. The Labute approximate surface area is 130 Å². The first kappa shape index (κ1) is 13.9. The van der Waals surface area contributed by atoms with Gasteiger partial charge in [-0.1, -0.05) is 12.1 Å². The van der Waals surface area contributed by atoms with Crippen molar-refractivity contribution in [1.29, 1.82) is 0 Å². The Morgan fingerprint density at radius 3 is 2.62 bits per heavy atom. The van der Waals surface area contributed by atoms with Crippen LogP contribution in [-0.2, 0) is 0 Å². The molecule has 2 heterocycles. The molecule has 0 aliphatic rings. The lowest BCUT2D eigenvalue weighted by Gasteiger charge is -2.12. The molecular weight excluding hydrogens is 333 g/mol. The first-order chi connectivity index (χ1) is 10.1. The highest BCUT2D eigenvalue weighted by atomic mass is 79.9. The fraction of sp³-hybridized carbons (Fsp3) is 0.125. The minimum Gasteiger partial charge on any atom is -0.265 e. The van der Waals surface area contributed by atoms with Crippen LogP contribution in [0.4, 0.5) is 4.39 Å². The van der Waals surface area contributed by atoms with Crippen LogP contribution in [0.5, 0.6) is 0 Å². The Bertz CT molecular complexity index is 752. The number of nitrogens with zero attached hydrogens (tertiary/aromatic N) is 3. The van der Waals surface area contributed by atoms with Gasteiger partial charge in [0.05, 0.1) is 12.2 Å². The first-order valence-corrected chi connectivity index (χ1v) is 7.34. The van der Waals surface area contributed by atoms with Crippen molar-refractivity contribution in [1.82, 2.24) is 14.8 Å². The molecule has 0 aliphatic heterocycles. The molecule has 0 bridgehead atoms. The third-order valence-corrected chi connectivity index (χ3v) is 3.84. The summed E-state index contributed by atoms with van der Waals surface area (Å²) in [5, 5.41) is 4.41. The van der Waals surface area contributed by atoms with Crippen LogP contribution in [0, 0.1) is 5.82 Å². The highest BCUT2D eigenvalue weighted by Gasteiger charge is 2.10. The monoisotopic (exact) mass is 345 g/mol. The van der Waals surface area contributed by atoms with E-state index in [1.165, 1.54) is 12.1 Å². The Balaban J connectivity index is 1.89. The lowest BCUT2D eigenvalue weighted by atomic mass is 10.1. The molecule has 5 heteroatoms. The zero-order valence-electron chi connectivity index (χ0n) is 11.4. The van der Waals surface area contributed by atoms with E-state index in [-0.39, 0.29) is 11.9 Å². The molecule has 0 N–H and O–H groups in total. The van der Waals surface area contributed by atoms with Gasteiger partial charge < -0.3 is 0 Å². The van der Waals surface area contributed by atoms with Gasteiger partial charge in [0, 0.05) is 18.0 Å². The fourth-order valence-corrected chi connectivity index (χ4v) is 2.54. The molecule has 3 aromatic rings. The SMILES string of the molecule is C[C@H](c1ccc(F)cc1)n1cc(-c2ccnc(Br)c2)cn1. The molecule has 0 saturated heterocycles. The maximum Gasteiger partial charge on any atom is 0.123 e. The molecule has 21 heavy (non-hydrogen) atoms. The van der Waals surface area contributed by atoms with Crippen molar-refractivity contribution in [2.45, 2.75) is 13.0 Å². The van der Waals surface area contributed by atoms with E-state index in [2.05, 4.69) is 26.0 Å². The van der Waals surface area contributed by atoms with Gasteiger partial charge in [0.15, 0.2) is 0 Å². The standard InChI is InChI=1S/C16H13BrFN3/c1-11(12-2-4-15(18)5-3-12)21-10-14(9-20-21)13-6-7-19-16(17)8-13/h2-11H,1H3/t11-/m1/s1. The molecular formula is C16H13BrFN3. The van der Waals surface area contributed by atoms with Crippen LogP contribution in [0.3, 0.4) is 0 Å². The maximum atomic E-state index is 13.0. The summed E-state index contributed by atoms with van der Waals surface area (Å²) in [6, 6.07) is 10.4. The normalized spacial score (nSPS) is 12.3. The van der Waals surface area contributed by atoms with Crippen LogP contribution in [0.2, 0.25) is 0 Å². The summed E-state index contributed by atoms with van der Waals surface area (Å²) in [5.74, 6) is -0.228. The van der Waals surface area contributed by atoms with Gasteiger partial charge in [-0.2, -0.15) is 5.10 Å². The molecule has 1 aromatic carbocycles. The van der Waals surface area contributed by atoms with Gasteiger partial charge in [-0.3, -0.25) is 4.68 Å². The number of rotatable bonds is 3. The van der Waals surface area contributed by atoms with Crippen molar-refractivity contribution in [2.24, 2.45) is 0 Å². The van der Waals surface area contributed by atoms with Gasteiger partial charge in [0.2, 0.25) is 0 Å². The number of pyridine rings is 1. The van der Waals surface area contributed by atoms with Crippen molar-refractivity contribution in [2.75, 3.05) is 0 Å². The summed E-state index contributed by atoms with van der Waals surface area (Å²) in [6.07, 6.45) is 5.55. The quantitative estimate of drug-likeness (QED) is 0.656. The smallest absolute Gasteiger partial charge is 0.123 e. The summed E-state index contributed by atoms with van der Waals surface area (Å²) in [7, 11) is 0. The van der Waals surface area contributed by atoms with E-state index in [4.69, 9.17) is 0 Å². The predicted molar refractivity (Wildman–Crippen MR) is 83.4 cm³/mol. The molecule has 0 amide bonds. The molecule has 0 radical (unpaired) electrons. The number of halogens is 2. The van der Waals surface area contributed by atoms with E-state index in [1.807, 2.05) is 36.1 Å². The summed E-state index contributed by atoms with van der Waals surface area (Å²) in [4.78, 5) is 4.12. The second kappa shape index (κ2) is 5.77. The summed E-state index contributed by atoms with van der Waals surface area (Å²) >= 11 is 3.36. The van der Waals surface area contributed by atoms with Crippen LogP contribution < -0.4 is 0 Å². The topological polar surface area (TPSA) is 30.7 Å². The number of benzene rings is 1. The van der Waals surface area contributed by atoms with Crippen LogP contribution in [0.25, 0.3) is 11.1 Å². The average Bonchev–Trinajstić information content (AvgIpc) is 2.97. The molecule has 3 nitrogen and oxygen atoms in total. The van der Waals surface area contributed by atoms with E-state index in [9.17, 15) is 4.39 Å². The molecule has 3 rings (SSSR count). The highest BCUT2D eigenvalue weighted by Crippen LogP contribution is 2.24. The Morgan fingerprint density at radius 1 is 1.14 bits per heavy atom. The third-order valence-electron chi connectivity index (χ3n) is 3.41. The lowest BCUT2D eigenvalue weighted by molar-refractivity contribution is 0.561. The van der Waals surface area contributed by atoms with Gasteiger partial charge in [-0.15, -0.1) is 0 Å². The summed E-state index contributed by atoms with van der Waals surface area (Å²) in [6.45, 7) is 2.03. The van der Waals surface area contributed by atoms with Crippen molar-refractivity contribution in [3.63, 3.8) is 0 Å². The van der Waals surface area contributed by atoms with E-state index < -0.39 is 0 Å². The molecule has 0 aliphatic carbocycles. The van der Waals surface area contributed by atoms with E-state index in [0.29, 0.717) is 0 Å². The van der Waals surface area contributed by atoms with Crippen LogP contribution in [0.1, 0.15) is 18.5 Å². The molecule has 0 unspecified atom stereocenters. The third kappa shape index (κ3) is 3.03. The molecule has 0 spiro atoms. The van der Waals surface area contributed by atoms with E-state index in [0.717, 1.165) is 21.3 Å². The largest absolute Gasteiger partial charge is 0.265 e. The van der Waals surface area contributed by atoms with Gasteiger partial charge in [-0.05, 0) is 58.2 Å². The Kier molecular flexibility index (Phi) is 3.84. The summed E-state index contributed by atoms with van der Waals surface area (Å²) in [5.41, 5.74) is 3.09. The minimum absolute atomic E-state index is 0.0460. The van der Waals surface area contributed by atoms with E-state index >= 15 is 0 Å². The second-order valence-electron chi connectivity index (χ2n) is 4.80. The molecule has 0 saturated carbocycles. The fourth-order valence-electron chi connectivity index (χ4n) is 2.17. The molecule has 1 atom stereocenters. The van der Waals surface area contributed by atoms with Crippen molar-refractivity contribution < 1.29 is 4.39 Å². The predicted octanol–water partition coefficient (Wildman–Crippen LogP) is 4.46. The zero-order chi connectivity index (χ0) is 14.8. The van der Waals surface area contributed by atoms with Gasteiger partial charge in [0.25, 0.3) is 0 Å². The second-order valence-corrected chi connectivity index (χ2v) is 5.62. The molecule has 0 fully saturated rings.